The number of carbonyl (C=O) groups is 1. The van der Waals surface area contributed by atoms with Crippen molar-refractivity contribution in [2.24, 2.45) is 0 Å². The lowest BCUT2D eigenvalue weighted by atomic mass is 10.0. The van der Waals surface area contributed by atoms with Gasteiger partial charge in [-0.15, -0.1) is 0 Å². The average molecular weight is 474 g/mol. The van der Waals surface area contributed by atoms with Gasteiger partial charge in [-0.3, -0.25) is 9.59 Å². The minimum atomic E-state index is -0.379. The van der Waals surface area contributed by atoms with E-state index in [-0.39, 0.29) is 16.8 Å². The Balaban J connectivity index is 1.91. The average Bonchev–Trinajstić information content (AvgIpc) is 2.90. The Hall–Kier alpha value is -4.26. The van der Waals surface area contributed by atoms with Crippen LogP contribution in [0.3, 0.4) is 0 Å². The molecule has 0 aliphatic heterocycles. The van der Waals surface area contributed by atoms with Crippen molar-refractivity contribution in [2.75, 3.05) is 27.9 Å². The number of ketones is 1. The zero-order valence-corrected chi connectivity index (χ0v) is 20.2. The van der Waals surface area contributed by atoms with Gasteiger partial charge in [0.15, 0.2) is 17.3 Å². The van der Waals surface area contributed by atoms with E-state index in [1.807, 2.05) is 35.8 Å². The van der Waals surface area contributed by atoms with Crippen molar-refractivity contribution in [2.45, 2.75) is 13.5 Å². The Labute approximate surface area is 203 Å². The number of hydrogen-bond acceptors (Lipinski definition) is 6. The van der Waals surface area contributed by atoms with Crippen LogP contribution in [-0.2, 0) is 6.54 Å². The predicted octanol–water partition coefficient (Wildman–Crippen LogP) is 4.71. The fourth-order valence-corrected chi connectivity index (χ4v) is 4.05. The molecule has 7 heteroatoms. The van der Waals surface area contributed by atoms with Crippen LogP contribution in [0.15, 0.2) is 71.7 Å². The summed E-state index contributed by atoms with van der Waals surface area (Å²) in [5, 5.41) is 0.356. The molecule has 1 heterocycles. The molecule has 7 nitrogen and oxygen atoms in total. The summed E-state index contributed by atoms with van der Waals surface area (Å²) in [4.78, 5) is 27.0. The van der Waals surface area contributed by atoms with Crippen molar-refractivity contribution in [3.63, 3.8) is 0 Å². The lowest BCUT2D eigenvalue weighted by molar-refractivity contribution is 0.103. The largest absolute Gasteiger partial charge is 0.496 e. The van der Waals surface area contributed by atoms with Crippen LogP contribution in [0.2, 0.25) is 0 Å². The van der Waals surface area contributed by atoms with E-state index in [2.05, 4.69) is 0 Å². The lowest BCUT2D eigenvalue weighted by Crippen LogP contribution is -2.20. The zero-order valence-electron chi connectivity index (χ0n) is 20.2. The molecule has 4 rings (SSSR count). The van der Waals surface area contributed by atoms with Crippen LogP contribution < -0.4 is 24.4 Å². The highest BCUT2D eigenvalue weighted by Gasteiger charge is 2.20. The summed E-state index contributed by atoms with van der Waals surface area (Å²) in [6.45, 7) is 2.79. The van der Waals surface area contributed by atoms with E-state index in [0.29, 0.717) is 52.6 Å². The molecule has 0 aliphatic carbocycles. The standard InChI is InChI=1S/C28H27NO6/c1-5-35-20-12-10-18(11-13-20)27(30)22-17-29(16-19-8-6-7-9-24(19)32-2)23-15-26(34-4)25(33-3)14-21(23)28(22)31/h6-15,17H,5,16H2,1-4H3. The lowest BCUT2D eigenvalue weighted by Gasteiger charge is -2.17. The first-order valence-corrected chi connectivity index (χ1v) is 11.2. The molecule has 0 unspecified atom stereocenters. The van der Waals surface area contributed by atoms with Gasteiger partial charge in [0.25, 0.3) is 0 Å². The minimum Gasteiger partial charge on any atom is -0.496 e. The normalized spacial score (nSPS) is 10.7. The molecule has 0 aliphatic rings. The van der Waals surface area contributed by atoms with E-state index < -0.39 is 0 Å². The van der Waals surface area contributed by atoms with Gasteiger partial charge in [-0.05, 0) is 43.3 Å². The van der Waals surface area contributed by atoms with Crippen LogP contribution in [0.1, 0.15) is 28.4 Å². The maximum Gasteiger partial charge on any atom is 0.200 e. The Morgan fingerprint density at radius 2 is 1.51 bits per heavy atom. The van der Waals surface area contributed by atoms with Crippen LogP contribution in [0.25, 0.3) is 10.9 Å². The molecule has 0 atom stereocenters. The molecule has 0 bridgehead atoms. The first-order valence-electron chi connectivity index (χ1n) is 11.2. The van der Waals surface area contributed by atoms with Crippen LogP contribution >= 0.6 is 0 Å². The second kappa shape index (κ2) is 10.3. The Morgan fingerprint density at radius 3 is 2.17 bits per heavy atom. The third-order valence-electron chi connectivity index (χ3n) is 5.79. The Kier molecular flexibility index (Phi) is 7.06. The number of aromatic nitrogens is 1. The molecule has 0 radical (unpaired) electrons. The fraction of sp³-hybridized carbons (Fsp3) is 0.214. The number of pyridine rings is 1. The summed E-state index contributed by atoms with van der Waals surface area (Å²) in [7, 11) is 4.65. The molecule has 0 N–H and O–H groups in total. The quantitative estimate of drug-likeness (QED) is 0.328. The topological polar surface area (TPSA) is 76.0 Å². The second-order valence-corrected chi connectivity index (χ2v) is 7.82. The van der Waals surface area contributed by atoms with Crippen LogP contribution in [0.4, 0.5) is 0 Å². The number of benzene rings is 3. The van der Waals surface area contributed by atoms with Crippen LogP contribution in [0.5, 0.6) is 23.0 Å². The van der Waals surface area contributed by atoms with E-state index in [9.17, 15) is 9.59 Å². The number of rotatable bonds is 9. The van der Waals surface area contributed by atoms with Crippen molar-refractivity contribution >= 4 is 16.7 Å². The SMILES string of the molecule is CCOc1ccc(C(=O)c2cn(Cc3ccccc3OC)c3cc(OC)c(OC)cc3c2=O)cc1. The number of hydrogen-bond donors (Lipinski definition) is 0. The molecule has 0 amide bonds. The van der Waals surface area contributed by atoms with Crippen molar-refractivity contribution in [1.29, 1.82) is 0 Å². The van der Waals surface area contributed by atoms with Crippen LogP contribution in [-0.4, -0.2) is 38.3 Å². The summed E-state index contributed by atoms with van der Waals surface area (Å²) in [5.41, 5.74) is 1.59. The highest BCUT2D eigenvalue weighted by molar-refractivity contribution is 6.10. The molecule has 0 saturated carbocycles. The molecule has 4 aromatic rings. The van der Waals surface area contributed by atoms with Gasteiger partial charge in [0, 0.05) is 23.4 Å². The number of para-hydroxylation sites is 1. The molecule has 0 saturated heterocycles. The maximum atomic E-state index is 13.5. The Morgan fingerprint density at radius 1 is 0.857 bits per heavy atom. The van der Waals surface area contributed by atoms with Gasteiger partial charge in [0.1, 0.15) is 11.5 Å². The number of fused-ring (bicyclic) bond motifs is 1. The highest BCUT2D eigenvalue weighted by Crippen LogP contribution is 2.32. The third-order valence-corrected chi connectivity index (χ3v) is 5.79. The van der Waals surface area contributed by atoms with E-state index in [1.54, 1.807) is 49.7 Å². The summed E-state index contributed by atoms with van der Waals surface area (Å²) in [5.74, 6) is 1.89. The summed E-state index contributed by atoms with van der Waals surface area (Å²) in [6, 6.07) is 17.7. The van der Waals surface area contributed by atoms with Crippen molar-refractivity contribution < 1.29 is 23.7 Å². The van der Waals surface area contributed by atoms with Crippen molar-refractivity contribution in [3.05, 3.63) is 93.8 Å². The van der Waals surface area contributed by atoms with Gasteiger partial charge in [-0.1, -0.05) is 18.2 Å². The molecular formula is C28H27NO6. The molecule has 3 aromatic carbocycles. The molecule has 1 aromatic heterocycles. The van der Waals surface area contributed by atoms with E-state index >= 15 is 0 Å². The molecule has 35 heavy (non-hydrogen) atoms. The first-order chi connectivity index (χ1) is 17.0. The summed E-state index contributed by atoms with van der Waals surface area (Å²) >= 11 is 0. The third kappa shape index (κ3) is 4.71. The highest BCUT2D eigenvalue weighted by atomic mass is 16.5. The number of ether oxygens (including phenoxy) is 4. The van der Waals surface area contributed by atoms with Gasteiger partial charge in [-0.25, -0.2) is 0 Å². The zero-order chi connectivity index (χ0) is 24.9. The second-order valence-electron chi connectivity index (χ2n) is 7.82. The van der Waals surface area contributed by atoms with Crippen molar-refractivity contribution in [3.8, 4) is 23.0 Å². The molecule has 0 fully saturated rings. The van der Waals surface area contributed by atoms with Crippen LogP contribution in [0, 0.1) is 0 Å². The van der Waals surface area contributed by atoms with Gasteiger partial charge in [0.05, 0.1) is 50.9 Å². The van der Waals surface area contributed by atoms with Gasteiger partial charge in [-0.2, -0.15) is 0 Å². The predicted molar refractivity (Wildman–Crippen MR) is 134 cm³/mol. The molecule has 0 spiro atoms. The smallest absolute Gasteiger partial charge is 0.200 e. The summed E-state index contributed by atoms with van der Waals surface area (Å²) in [6.07, 6.45) is 1.60. The monoisotopic (exact) mass is 473 g/mol. The van der Waals surface area contributed by atoms with E-state index in [1.165, 1.54) is 14.2 Å². The number of carbonyl (C=O) groups excluding carboxylic acids is 1. The minimum absolute atomic E-state index is 0.0591. The molecular weight excluding hydrogens is 446 g/mol. The Bertz CT molecular complexity index is 1420. The van der Waals surface area contributed by atoms with Gasteiger partial charge >= 0.3 is 0 Å². The molecule has 180 valence electrons. The summed E-state index contributed by atoms with van der Waals surface area (Å²) < 4.78 is 23.7. The maximum absolute atomic E-state index is 13.5. The van der Waals surface area contributed by atoms with Crippen molar-refractivity contribution in [1.82, 2.24) is 4.57 Å². The van der Waals surface area contributed by atoms with E-state index in [0.717, 1.165) is 5.56 Å². The van der Waals surface area contributed by atoms with E-state index in [4.69, 9.17) is 18.9 Å². The first kappa shape index (κ1) is 23.9. The van der Waals surface area contributed by atoms with Gasteiger partial charge in [0.2, 0.25) is 5.43 Å². The number of methoxy groups -OCH3 is 3. The fourth-order valence-electron chi connectivity index (χ4n) is 4.05. The van der Waals surface area contributed by atoms with Gasteiger partial charge < -0.3 is 23.5 Å². The number of nitrogens with zero attached hydrogens (tertiary/aromatic N) is 1.